The molecule has 0 aromatic carbocycles. The van der Waals surface area contributed by atoms with Gasteiger partial charge in [0.15, 0.2) is 0 Å². The first kappa shape index (κ1) is 7.07. The maximum atomic E-state index is 2.16. The van der Waals surface area contributed by atoms with Gasteiger partial charge in [0.05, 0.1) is 0 Å². The molecule has 0 N–H and O–H groups in total. The lowest BCUT2D eigenvalue weighted by atomic mass is 10.2. The summed E-state index contributed by atoms with van der Waals surface area (Å²) in [5.74, 6) is 0. The van der Waals surface area contributed by atoms with E-state index in [1.165, 1.54) is 5.57 Å². The number of allylic oxidation sites excluding steroid dienone is 8. The Morgan fingerprint density at radius 3 is 2.90 bits per heavy atom. The molecule has 0 atom stereocenters. The van der Waals surface area contributed by atoms with Crippen LogP contribution in [0.3, 0.4) is 0 Å². The summed E-state index contributed by atoms with van der Waals surface area (Å²) in [5.41, 5.74) is 1.39. The van der Waals surface area contributed by atoms with Gasteiger partial charge in [0, 0.05) is 0 Å². The lowest BCUT2D eigenvalue weighted by Gasteiger charge is -1.86. The summed E-state index contributed by atoms with van der Waals surface area (Å²) in [4.78, 5) is 0. The van der Waals surface area contributed by atoms with Crippen molar-refractivity contribution in [1.29, 1.82) is 0 Å². The third-order valence-electron chi connectivity index (χ3n) is 1.41. The molecule has 52 valence electrons. The quantitative estimate of drug-likeness (QED) is 0.507. The fraction of sp³-hybridized carbons (Fsp3) is 0.200. The topological polar surface area (TPSA) is 0 Å². The van der Waals surface area contributed by atoms with Gasteiger partial charge in [-0.25, -0.2) is 0 Å². The largest absolute Gasteiger partial charge is 0.0877 e. The van der Waals surface area contributed by atoms with E-state index < -0.39 is 0 Å². The molecule has 0 aliphatic heterocycles. The summed E-state index contributed by atoms with van der Waals surface area (Å²) < 4.78 is 0. The molecule has 0 aromatic heterocycles. The third kappa shape index (κ3) is 2.06. The van der Waals surface area contributed by atoms with Crippen LogP contribution in [-0.4, -0.2) is 0 Å². The minimum Gasteiger partial charge on any atom is -0.0877 e. The second kappa shape index (κ2) is 3.89. The second-order valence-corrected chi connectivity index (χ2v) is 2.26. The highest BCUT2D eigenvalue weighted by atomic mass is 14.0. The molecule has 0 heterocycles. The van der Waals surface area contributed by atoms with Crippen molar-refractivity contribution in [2.24, 2.45) is 0 Å². The van der Waals surface area contributed by atoms with E-state index >= 15 is 0 Å². The highest BCUT2D eigenvalue weighted by Crippen LogP contribution is 2.10. The van der Waals surface area contributed by atoms with E-state index in [1.54, 1.807) is 0 Å². The van der Waals surface area contributed by atoms with Crippen molar-refractivity contribution in [2.75, 3.05) is 0 Å². The van der Waals surface area contributed by atoms with Gasteiger partial charge in [-0.15, -0.1) is 0 Å². The Morgan fingerprint density at radius 1 is 1.40 bits per heavy atom. The summed E-state index contributed by atoms with van der Waals surface area (Å²) in [6, 6.07) is 0. The Balaban J connectivity index is 2.39. The van der Waals surface area contributed by atoms with Gasteiger partial charge in [-0.2, -0.15) is 0 Å². The molecule has 0 bridgehead atoms. The van der Waals surface area contributed by atoms with Gasteiger partial charge in [-0.3, -0.25) is 0 Å². The molecule has 0 fully saturated rings. The van der Waals surface area contributed by atoms with E-state index in [9.17, 15) is 0 Å². The van der Waals surface area contributed by atoms with Crippen molar-refractivity contribution in [3.63, 3.8) is 0 Å². The van der Waals surface area contributed by atoms with E-state index in [-0.39, 0.29) is 0 Å². The van der Waals surface area contributed by atoms with Crippen molar-refractivity contribution in [3.8, 4) is 0 Å². The van der Waals surface area contributed by atoms with E-state index in [1.807, 2.05) is 19.1 Å². The Hall–Kier alpha value is -1.04. The standard InChI is InChI=1S/C10H12/c1-2-3-4-7-10-8-5-6-9-10/h2-8H,9H2,1H3. The molecule has 0 nitrogen and oxygen atoms in total. The van der Waals surface area contributed by atoms with Crippen LogP contribution in [0.15, 0.2) is 48.1 Å². The van der Waals surface area contributed by atoms with Gasteiger partial charge in [-0.05, 0) is 18.9 Å². The van der Waals surface area contributed by atoms with E-state index in [0.29, 0.717) is 0 Å². The van der Waals surface area contributed by atoms with Crippen LogP contribution < -0.4 is 0 Å². The minimum absolute atomic E-state index is 1.09. The third-order valence-corrected chi connectivity index (χ3v) is 1.41. The van der Waals surface area contributed by atoms with Crippen LogP contribution in [0.25, 0.3) is 0 Å². The zero-order valence-corrected chi connectivity index (χ0v) is 6.25. The lowest BCUT2D eigenvalue weighted by molar-refractivity contribution is 1.33. The van der Waals surface area contributed by atoms with Gasteiger partial charge in [0.2, 0.25) is 0 Å². The Morgan fingerprint density at radius 2 is 2.30 bits per heavy atom. The van der Waals surface area contributed by atoms with Crippen molar-refractivity contribution in [2.45, 2.75) is 13.3 Å². The molecule has 1 aliphatic carbocycles. The predicted molar refractivity (Wildman–Crippen MR) is 45.8 cm³/mol. The molecule has 0 spiro atoms. The highest BCUT2D eigenvalue weighted by molar-refractivity contribution is 5.32. The highest BCUT2D eigenvalue weighted by Gasteiger charge is 1.90. The molecule has 0 amide bonds. The summed E-state index contributed by atoms with van der Waals surface area (Å²) in [6.07, 6.45) is 15.8. The fourth-order valence-corrected chi connectivity index (χ4v) is 0.878. The van der Waals surface area contributed by atoms with Crippen LogP contribution in [0.4, 0.5) is 0 Å². The average Bonchev–Trinajstić information content (AvgIpc) is 2.41. The molecule has 0 radical (unpaired) electrons. The van der Waals surface area contributed by atoms with Gasteiger partial charge < -0.3 is 0 Å². The molecule has 1 rings (SSSR count). The van der Waals surface area contributed by atoms with Gasteiger partial charge in [0.25, 0.3) is 0 Å². The maximum Gasteiger partial charge on any atom is -0.00943 e. The SMILES string of the molecule is CC=CC=CC1=CC=CC1. The number of rotatable bonds is 2. The molecular weight excluding hydrogens is 120 g/mol. The minimum atomic E-state index is 1.09. The Labute approximate surface area is 62.3 Å². The zero-order chi connectivity index (χ0) is 7.23. The summed E-state index contributed by atoms with van der Waals surface area (Å²) in [6.45, 7) is 2.02. The predicted octanol–water partition coefficient (Wildman–Crippen LogP) is 3.01. The molecule has 10 heavy (non-hydrogen) atoms. The van der Waals surface area contributed by atoms with Crippen LogP contribution in [-0.2, 0) is 0 Å². The van der Waals surface area contributed by atoms with Crippen LogP contribution >= 0.6 is 0 Å². The van der Waals surface area contributed by atoms with Gasteiger partial charge >= 0.3 is 0 Å². The lowest BCUT2D eigenvalue weighted by Crippen LogP contribution is -1.66. The smallest absolute Gasteiger partial charge is 0.00943 e. The van der Waals surface area contributed by atoms with Crippen molar-refractivity contribution in [1.82, 2.24) is 0 Å². The molecule has 0 aromatic rings. The van der Waals surface area contributed by atoms with Crippen LogP contribution in [0, 0.1) is 0 Å². The molecule has 0 saturated carbocycles. The monoisotopic (exact) mass is 132 g/mol. The van der Waals surface area contributed by atoms with E-state index in [2.05, 4.69) is 30.4 Å². The first-order valence-corrected chi connectivity index (χ1v) is 3.58. The van der Waals surface area contributed by atoms with Crippen LogP contribution in [0.2, 0.25) is 0 Å². The first-order chi connectivity index (χ1) is 4.93. The fourth-order valence-electron chi connectivity index (χ4n) is 0.878. The van der Waals surface area contributed by atoms with E-state index in [4.69, 9.17) is 0 Å². The van der Waals surface area contributed by atoms with Crippen molar-refractivity contribution in [3.05, 3.63) is 48.1 Å². The summed E-state index contributed by atoms with van der Waals surface area (Å²) >= 11 is 0. The molecule has 0 saturated heterocycles. The molecule has 0 unspecified atom stereocenters. The Bertz CT molecular complexity index is 202. The normalized spacial score (nSPS) is 17.5. The zero-order valence-electron chi connectivity index (χ0n) is 6.25. The summed E-state index contributed by atoms with van der Waals surface area (Å²) in [7, 11) is 0. The first-order valence-electron chi connectivity index (χ1n) is 3.58. The Kier molecular flexibility index (Phi) is 2.75. The van der Waals surface area contributed by atoms with E-state index in [0.717, 1.165) is 6.42 Å². The number of hydrogen-bond donors (Lipinski definition) is 0. The van der Waals surface area contributed by atoms with Gasteiger partial charge in [-0.1, -0.05) is 42.5 Å². The van der Waals surface area contributed by atoms with Crippen molar-refractivity contribution >= 4 is 0 Å². The van der Waals surface area contributed by atoms with Gasteiger partial charge in [0.1, 0.15) is 0 Å². The van der Waals surface area contributed by atoms with Crippen LogP contribution in [0.1, 0.15) is 13.3 Å². The maximum absolute atomic E-state index is 2.16. The molecule has 0 heteroatoms. The molecule has 1 aliphatic rings. The van der Waals surface area contributed by atoms with Crippen LogP contribution in [0.5, 0.6) is 0 Å². The van der Waals surface area contributed by atoms with Crippen molar-refractivity contribution < 1.29 is 0 Å². The second-order valence-electron chi connectivity index (χ2n) is 2.26. The molecular formula is C10H12. The number of hydrogen-bond acceptors (Lipinski definition) is 0. The summed E-state index contributed by atoms with van der Waals surface area (Å²) in [5, 5.41) is 0. The average molecular weight is 132 g/mol.